The van der Waals surface area contributed by atoms with E-state index in [4.69, 9.17) is 4.74 Å². The van der Waals surface area contributed by atoms with Crippen LogP contribution in [0, 0.1) is 0 Å². The largest absolute Gasteiger partial charge is 0.467 e. The standard InChI is InChI=1S/C20H28N4O7S/c1-15(19(26)30-2)21-18(25)17-14-23(32(28,29)16-6-4-3-5-7-16)8-9-24(17)20(27)22-10-12-31-13-11-22/h3-7,15,17H,8-14H2,1-2H3,(H,21,25)/t15-,17-/m1/s1. The number of morpholine rings is 1. The van der Waals surface area contributed by atoms with Crippen LogP contribution in [0.1, 0.15) is 6.92 Å². The smallest absolute Gasteiger partial charge is 0.328 e. The molecule has 0 bridgehead atoms. The molecule has 2 aliphatic rings. The SMILES string of the molecule is COC(=O)[C@@H](C)NC(=O)[C@H]1CN(S(=O)(=O)c2ccccc2)CCN1C(=O)N1CCOCC1. The molecule has 1 aromatic carbocycles. The molecule has 2 heterocycles. The number of carbonyl (C=O) groups excluding carboxylic acids is 3. The van der Waals surface area contributed by atoms with Crippen molar-refractivity contribution in [1.29, 1.82) is 0 Å². The second kappa shape index (κ2) is 10.3. The maximum absolute atomic E-state index is 13.1. The van der Waals surface area contributed by atoms with Gasteiger partial charge in [-0.2, -0.15) is 4.31 Å². The van der Waals surface area contributed by atoms with Crippen LogP contribution in [0.4, 0.5) is 4.79 Å². The van der Waals surface area contributed by atoms with E-state index < -0.39 is 34.0 Å². The first kappa shape index (κ1) is 24.0. The minimum Gasteiger partial charge on any atom is -0.467 e. The summed E-state index contributed by atoms with van der Waals surface area (Å²) < 4.78 is 37.3. The number of nitrogens with zero attached hydrogens (tertiary/aromatic N) is 3. The van der Waals surface area contributed by atoms with Crippen LogP contribution in [0.15, 0.2) is 35.2 Å². The summed E-state index contributed by atoms with van der Waals surface area (Å²) >= 11 is 0. The van der Waals surface area contributed by atoms with Crippen molar-refractivity contribution in [3.05, 3.63) is 30.3 Å². The number of methoxy groups -OCH3 is 1. The van der Waals surface area contributed by atoms with Crippen LogP contribution < -0.4 is 5.32 Å². The van der Waals surface area contributed by atoms with E-state index in [9.17, 15) is 22.8 Å². The van der Waals surface area contributed by atoms with Crippen LogP contribution in [0.5, 0.6) is 0 Å². The van der Waals surface area contributed by atoms with E-state index in [1.807, 2.05) is 0 Å². The number of rotatable bonds is 5. The fourth-order valence-corrected chi connectivity index (χ4v) is 5.11. The zero-order valence-electron chi connectivity index (χ0n) is 18.1. The molecule has 3 amide bonds. The first-order valence-corrected chi connectivity index (χ1v) is 11.8. The Morgan fingerprint density at radius 3 is 2.38 bits per heavy atom. The zero-order chi connectivity index (χ0) is 23.3. The molecule has 12 heteroatoms. The number of piperazine rings is 1. The van der Waals surface area contributed by atoms with Crippen molar-refractivity contribution >= 4 is 27.9 Å². The molecule has 2 fully saturated rings. The zero-order valence-corrected chi connectivity index (χ0v) is 18.9. The van der Waals surface area contributed by atoms with Crippen LogP contribution in [-0.2, 0) is 29.1 Å². The van der Waals surface area contributed by atoms with Crippen molar-refractivity contribution in [1.82, 2.24) is 19.4 Å². The van der Waals surface area contributed by atoms with E-state index in [1.54, 1.807) is 23.1 Å². The van der Waals surface area contributed by atoms with Gasteiger partial charge < -0.3 is 24.6 Å². The summed E-state index contributed by atoms with van der Waals surface area (Å²) in [6.45, 7) is 2.86. The first-order chi connectivity index (χ1) is 15.3. The predicted molar refractivity (Wildman–Crippen MR) is 113 cm³/mol. The molecule has 2 saturated heterocycles. The Morgan fingerprint density at radius 1 is 1.09 bits per heavy atom. The van der Waals surface area contributed by atoms with Gasteiger partial charge in [0.05, 0.1) is 25.2 Å². The van der Waals surface area contributed by atoms with E-state index in [-0.39, 0.29) is 30.6 Å². The lowest BCUT2D eigenvalue weighted by atomic mass is 10.1. The molecule has 0 spiro atoms. The lowest BCUT2D eigenvalue weighted by molar-refractivity contribution is -0.145. The molecular formula is C20H28N4O7S. The Balaban J connectivity index is 1.84. The van der Waals surface area contributed by atoms with E-state index >= 15 is 0 Å². The minimum atomic E-state index is -3.86. The number of hydrogen-bond donors (Lipinski definition) is 1. The average molecular weight is 469 g/mol. The molecule has 0 aliphatic carbocycles. The lowest BCUT2D eigenvalue weighted by Crippen LogP contribution is -2.65. The number of esters is 1. The topological polar surface area (TPSA) is 126 Å². The highest BCUT2D eigenvalue weighted by Gasteiger charge is 2.42. The Bertz CT molecular complexity index is 935. The van der Waals surface area contributed by atoms with E-state index in [0.717, 1.165) is 0 Å². The number of benzene rings is 1. The van der Waals surface area contributed by atoms with Crippen molar-refractivity contribution in [3.8, 4) is 0 Å². The minimum absolute atomic E-state index is 0.0347. The van der Waals surface area contributed by atoms with Gasteiger partial charge in [0.15, 0.2) is 0 Å². The van der Waals surface area contributed by atoms with Gasteiger partial charge in [-0.25, -0.2) is 18.0 Å². The second-order valence-electron chi connectivity index (χ2n) is 7.52. The number of carbonyl (C=O) groups is 3. The van der Waals surface area contributed by atoms with Gasteiger partial charge in [0.1, 0.15) is 12.1 Å². The van der Waals surface area contributed by atoms with Crippen molar-refractivity contribution in [2.24, 2.45) is 0 Å². The molecule has 0 aromatic heterocycles. The van der Waals surface area contributed by atoms with Gasteiger partial charge in [0.25, 0.3) is 0 Å². The van der Waals surface area contributed by atoms with Crippen molar-refractivity contribution in [2.75, 3.05) is 53.0 Å². The van der Waals surface area contributed by atoms with Crippen LogP contribution in [0.3, 0.4) is 0 Å². The summed E-state index contributed by atoms with van der Waals surface area (Å²) in [5.74, 6) is -1.27. The van der Waals surface area contributed by atoms with Crippen LogP contribution >= 0.6 is 0 Å². The van der Waals surface area contributed by atoms with Crippen molar-refractivity contribution in [2.45, 2.75) is 23.9 Å². The molecule has 2 aliphatic heterocycles. The van der Waals surface area contributed by atoms with Gasteiger partial charge in [-0.1, -0.05) is 18.2 Å². The third kappa shape index (κ3) is 5.19. The van der Waals surface area contributed by atoms with Gasteiger partial charge in [0.2, 0.25) is 15.9 Å². The average Bonchev–Trinajstić information content (AvgIpc) is 2.83. The fourth-order valence-electron chi connectivity index (χ4n) is 3.65. The summed E-state index contributed by atoms with van der Waals surface area (Å²) in [7, 11) is -2.66. The Morgan fingerprint density at radius 2 is 1.75 bits per heavy atom. The van der Waals surface area contributed by atoms with Crippen LogP contribution in [-0.4, -0.2) is 106 Å². The summed E-state index contributed by atoms with van der Waals surface area (Å²) in [5.41, 5.74) is 0. The summed E-state index contributed by atoms with van der Waals surface area (Å²) in [6.07, 6.45) is 0. The molecule has 1 aromatic rings. The monoisotopic (exact) mass is 468 g/mol. The van der Waals surface area contributed by atoms with Gasteiger partial charge in [0, 0.05) is 32.7 Å². The highest BCUT2D eigenvalue weighted by molar-refractivity contribution is 7.89. The Labute approximate surface area is 187 Å². The third-order valence-electron chi connectivity index (χ3n) is 5.47. The molecule has 3 rings (SSSR count). The maximum atomic E-state index is 13.1. The number of ether oxygens (including phenoxy) is 2. The van der Waals surface area contributed by atoms with E-state index in [2.05, 4.69) is 10.1 Å². The maximum Gasteiger partial charge on any atom is 0.328 e. The molecule has 32 heavy (non-hydrogen) atoms. The Hall–Kier alpha value is -2.70. The molecule has 1 N–H and O–H groups in total. The highest BCUT2D eigenvalue weighted by Crippen LogP contribution is 2.21. The van der Waals surface area contributed by atoms with Gasteiger partial charge in [-0.15, -0.1) is 0 Å². The van der Waals surface area contributed by atoms with E-state index in [0.29, 0.717) is 26.3 Å². The van der Waals surface area contributed by atoms with Gasteiger partial charge in [-0.05, 0) is 19.1 Å². The normalized spacial score (nSPS) is 21.0. The van der Waals surface area contributed by atoms with Crippen LogP contribution in [0.25, 0.3) is 0 Å². The quantitative estimate of drug-likeness (QED) is 0.577. The third-order valence-corrected chi connectivity index (χ3v) is 7.35. The second-order valence-corrected chi connectivity index (χ2v) is 9.46. The molecule has 11 nitrogen and oxygen atoms in total. The molecule has 0 unspecified atom stereocenters. The molecule has 0 saturated carbocycles. The first-order valence-electron chi connectivity index (χ1n) is 10.3. The van der Waals surface area contributed by atoms with E-state index in [1.165, 1.54) is 35.4 Å². The summed E-state index contributed by atoms with van der Waals surface area (Å²) in [5, 5.41) is 2.53. The number of hydrogen-bond acceptors (Lipinski definition) is 7. The molecule has 176 valence electrons. The van der Waals surface area contributed by atoms with Gasteiger partial charge in [-0.3, -0.25) is 4.79 Å². The summed E-state index contributed by atoms with van der Waals surface area (Å²) in [6, 6.07) is 5.49. The van der Waals surface area contributed by atoms with Crippen molar-refractivity contribution in [3.63, 3.8) is 0 Å². The Kier molecular flexibility index (Phi) is 7.69. The highest BCUT2D eigenvalue weighted by atomic mass is 32.2. The van der Waals surface area contributed by atoms with Crippen molar-refractivity contribution < 1.29 is 32.3 Å². The molecule has 0 radical (unpaired) electrons. The predicted octanol–water partition coefficient (Wildman–Crippen LogP) is -0.509. The van der Waals surface area contributed by atoms with Crippen LogP contribution in [0.2, 0.25) is 0 Å². The molecule has 2 atom stereocenters. The van der Waals surface area contributed by atoms with Gasteiger partial charge >= 0.3 is 12.0 Å². The fraction of sp³-hybridized carbons (Fsp3) is 0.550. The number of amides is 3. The number of urea groups is 1. The lowest BCUT2D eigenvalue weighted by Gasteiger charge is -2.42. The molecular weight excluding hydrogens is 440 g/mol. The number of sulfonamides is 1. The number of nitrogens with one attached hydrogen (secondary N) is 1. The summed E-state index contributed by atoms with van der Waals surface area (Å²) in [4.78, 5) is 41.0.